The van der Waals surface area contributed by atoms with Crippen LogP contribution in [0.5, 0.6) is 0 Å². The minimum Gasteiger partial charge on any atom is -0.310 e. The van der Waals surface area contributed by atoms with Gasteiger partial charge in [-0.3, -0.25) is 4.99 Å². The third-order valence-electron chi connectivity index (χ3n) is 2.15. The van der Waals surface area contributed by atoms with E-state index in [9.17, 15) is 0 Å². The van der Waals surface area contributed by atoms with Crippen LogP contribution in [0.15, 0.2) is 35.3 Å². The second kappa shape index (κ2) is 6.12. The maximum Gasteiger partial charge on any atom is 0.0429 e. The molecule has 0 bridgehead atoms. The zero-order valence-corrected chi connectivity index (χ0v) is 9.46. The average molecular weight is 202 g/mol. The van der Waals surface area contributed by atoms with E-state index >= 15 is 0 Å². The van der Waals surface area contributed by atoms with Crippen LogP contribution < -0.4 is 0 Å². The fourth-order valence-electron chi connectivity index (χ4n) is 1.46. The Bertz CT molecular complexity index is 339. The summed E-state index contributed by atoms with van der Waals surface area (Å²) in [6, 6.07) is 10.4. The van der Waals surface area contributed by atoms with Crippen molar-refractivity contribution >= 4 is 11.4 Å². The first-order valence-electron chi connectivity index (χ1n) is 5.26. The summed E-state index contributed by atoms with van der Waals surface area (Å²) in [4.78, 5) is 4.44. The van der Waals surface area contributed by atoms with E-state index in [4.69, 9.17) is 5.41 Å². The third-order valence-corrected chi connectivity index (χ3v) is 2.15. The molecular formula is C13H18N2. The van der Waals surface area contributed by atoms with Gasteiger partial charge in [0.05, 0.1) is 0 Å². The molecule has 0 saturated heterocycles. The number of aliphatic imine (C=N–C) groups is 1. The van der Waals surface area contributed by atoms with E-state index in [0.29, 0.717) is 12.1 Å². The first-order valence-corrected chi connectivity index (χ1v) is 5.26. The van der Waals surface area contributed by atoms with Crippen molar-refractivity contribution in [1.29, 1.82) is 5.41 Å². The van der Waals surface area contributed by atoms with Gasteiger partial charge in [0.2, 0.25) is 0 Å². The highest BCUT2D eigenvalue weighted by atomic mass is 14.7. The molecule has 0 unspecified atom stereocenters. The Kier molecular flexibility index (Phi) is 4.75. The molecule has 0 aliphatic carbocycles. The molecule has 0 amide bonds. The van der Waals surface area contributed by atoms with Crippen LogP contribution in [0.1, 0.15) is 25.8 Å². The monoisotopic (exact) mass is 202 g/mol. The molecule has 0 fully saturated rings. The lowest BCUT2D eigenvalue weighted by atomic mass is 10.1. The molecule has 1 aromatic rings. The van der Waals surface area contributed by atoms with Crippen LogP contribution in [0.4, 0.5) is 0 Å². The van der Waals surface area contributed by atoms with Crippen molar-refractivity contribution in [2.75, 3.05) is 6.54 Å². The molecule has 0 radical (unpaired) electrons. The minimum atomic E-state index is 0.677. The summed E-state index contributed by atoms with van der Waals surface area (Å²) in [6.45, 7) is 4.63. The van der Waals surface area contributed by atoms with Gasteiger partial charge in [0.25, 0.3) is 0 Å². The topological polar surface area (TPSA) is 36.2 Å². The van der Waals surface area contributed by atoms with Gasteiger partial charge in [-0.15, -0.1) is 0 Å². The second-order valence-electron chi connectivity index (χ2n) is 3.81. The molecule has 0 aromatic heterocycles. The maximum atomic E-state index is 7.34. The van der Waals surface area contributed by atoms with E-state index in [2.05, 4.69) is 17.1 Å². The maximum absolute atomic E-state index is 7.34. The van der Waals surface area contributed by atoms with Crippen LogP contribution in [0.3, 0.4) is 0 Å². The van der Waals surface area contributed by atoms with Crippen LogP contribution in [0, 0.1) is 5.41 Å². The molecule has 1 rings (SSSR count). The molecule has 80 valence electrons. The van der Waals surface area contributed by atoms with Crippen molar-refractivity contribution in [2.45, 2.75) is 26.7 Å². The summed E-state index contributed by atoms with van der Waals surface area (Å²) in [7, 11) is 0. The van der Waals surface area contributed by atoms with Crippen molar-refractivity contribution < 1.29 is 0 Å². The van der Waals surface area contributed by atoms with Gasteiger partial charge in [0.1, 0.15) is 0 Å². The van der Waals surface area contributed by atoms with E-state index < -0.39 is 0 Å². The number of nitrogens with zero attached hydrogens (tertiary/aromatic N) is 1. The first kappa shape index (κ1) is 11.6. The van der Waals surface area contributed by atoms with Crippen LogP contribution in [0.25, 0.3) is 0 Å². The lowest BCUT2D eigenvalue weighted by Crippen LogP contribution is -2.01. The molecule has 0 aliphatic rings. The van der Waals surface area contributed by atoms with Gasteiger partial charge in [-0.2, -0.15) is 0 Å². The van der Waals surface area contributed by atoms with Crippen LogP contribution in [-0.2, 0) is 6.42 Å². The molecule has 2 heteroatoms. The molecule has 1 N–H and O–H groups in total. The highest BCUT2D eigenvalue weighted by molar-refractivity contribution is 6.00. The number of nitrogens with one attached hydrogen (secondary N) is 1. The van der Waals surface area contributed by atoms with Gasteiger partial charge in [-0.25, -0.2) is 0 Å². The molecule has 0 spiro atoms. The average Bonchev–Trinajstić information content (AvgIpc) is 2.18. The summed E-state index contributed by atoms with van der Waals surface area (Å²) in [5.74, 6) is 0. The highest BCUT2D eigenvalue weighted by Gasteiger charge is 1.94. The van der Waals surface area contributed by atoms with Crippen LogP contribution in [0.2, 0.25) is 0 Å². The quantitative estimate of drug-likeness (QED) is 0.712. The van der Waals surface area contributed by atoms with Crippen LogP contribution >= 0.6 is 0 Å². The van der Waals surface area contributed by atoms with Crippen molar-refractivity contribution in [3.63, 3.8) is 0 Å². The Hall–Kier alpha value is -1.44. The number of hydrogen-bond donors (Lipinski definition) is 1. The molecule has 0 atom stereocenters. The predicted octanol–water partition coefficient (Wildman–Crippen LogP) is 3.12. The van der Waals surface area contributed by atoms with E-state index in [0.717, 1.165) is 18.7 Å². The Morgan fingerprint density at radius 2 is 1.87 bits per heavy atom. The van der Waals surface area contributed by atoms with Gasteiger partial charge in [-0.1, -0.05) is 30.3 Å². The van der Waals surface area contributed by atoms with Gasteiger partial charge in [0, 0.05) is 24.4 Å². The van der Waals surface area contributed by atoms with Gasteiger partial charge in [-0.05, 0) is 25.8 Å². The highest BCUT2D eigenvalue weighted by Crippen LogP contribution is 2.00. The van der Waals surface area contributed by atoms with Gasteiger partial charge >= 0.3 is 0 Å². The van der Waals surface area contributed by atoms with E-state index in [1.54, 1.807) is 0 Å². The molecule has 15 heavy (non-hydrogen) atoms. The van der Waals surface area contributed by atoms with E-state index in [1.807, 2.05) is 32.0 Å². The summed E-state index contributed by atoms with van der Waals surface area (Å²) in [5.41, 5.74) is 3.05. The Morgan fingerprint density at radius 1 is 1.20 bits per heavy atom. The zero-order chi connectivity index (χ0) is 11.1. The minimum absolute atomic E-state index is 0.677. The standard InChI is InChI=1S/C13H18N2/c1-11(14)10-12(2)15-9-8-13-6-4-3-5-7-13/h3-7,14H,8-10H2,1-2H3. The lowest BCUT2D eigenvalue weighted by molar-refractivity contribution is 0.963. The SMILES string of the molecule is CC(=N)CC(C)=NCCc1ccccc1. The normalized spacial score (nSPS) is 11.5. The molecule has 0 heterocycles. The largest absolute Gasteiger partial charge is 0.310 e. The van der Waals surface area contributed by atoms with E-state index in [-0.39, 0.29) is 0 Å². The smallest absolute Gasteiger partial charge is 0.0429 e. The Balaban J connectivity index is 2.35. The van der Waals surface area contributed by atoms with Crippen molar-refractivity contribution in [3.8, 4) is 0 Å². The fourth-order valence-corrected chi connectivity index (χ4v) is 1.46. The molecule has 1 aromatic carbocycles. The summed E-state index contributed by atoms with van der Waals surface area (Å²) < 4.78 is 0. The predicted molar refractivity (Wildman–Crippen MR) is 66.1 cm³/mol. The van der Waals surface area contributed by atoms with E-state index in [1.165, 1.54) is 5.56 Å². The number of rotatable bonds is 5. The molecular weight excluding hydrogens is 184 g/mol. The molecule has 0 aliphatic heterocycles. The van der Waals surface area contributed by atoms with Crippen molar-refractivity contribution in [3.05, 3.63) is 35.9 Å². The van der Waals surface area contributed by atoms with Crippen molar-refractivity contribution in [2.24, 2.45) is 4.99 Å². The summed E-state index contributed by atoms with van der Waals surface area (Å²) in [5, 5.41) is 7.34. The Morgan fingerprint density at radius 3 is 2.47 bits per heavy atom. The lowest BCUT2D eigenvalue weighted by Gasteiger charge is -2.00. The number of hydrogen-bond acceptors (Lipinski definition) is 2. The van der Waals surface area contributed by atoms with Gasteiger partial charge in [0.15, 0.2) is 0 Å². The number of benzene rings is 1. The molecule has 0 saturated carbocycles. The summed E-state index contributed by atoms with van der Waals surface area (Å²) in [6.07, 6.45) is 1.68. The second-order valence-corrected chi connectivity index (χ2v) is 3.81. The van der Waals surface area contributed by atoms with Crippen LogP contribution in [-0.4, -0.2) is 18.0 Å². The summed E-state index contributed by atoms with van der Waals surface area (Å²) >= 11 is 0. The van der Waals surface area contributed by atoms with Gasteiger partial charge < -0.3 is 5.41 Å². The van der Waals surface area contributed by atoms with Crippen molar-refractivity contribution in [1.82, 2.24) is 0 Å². The fraction of sp³-hybridized carbons (Fsp3) is 0.385. The Labute approximate surface area is 91.6 Å². The zero-order valence-electron chi connectivity index (χ0n) is 9.46. The third kappa shape index (κ3) is 5.11. The molecule has 2 nitrogen and oxygen atoms in total. The first-order chi connectivity index (χ1) is 7.18.